The number of likely N-dealkylation sites (tertiary alicyclic amines) is 1. The zero-order chi connectivity index (χ0) is 17.1. The van der Waals surface area contributed by atoms with Crippen molar-refractivity contribution in [3.8, 4) is 0 Å². The first-order chi connectivity index (χ1) is 12.3. The van der Waals surface area contributed by atoms with Gasteiger partial charge in [0.1, 0.15) is 0 Å². The van der Waals surface area contributed by atoms with Crippen LogP contribution in [0.2, 0.25) is 0 Å². The molecule has 25 heavy (non-hydrogen) atoms. The second-order valence-corrected chi connectivity index (χ2v) is 7.10. The van der Waals surface area contributed by atoms with E-state index in [-0.39, 0.29) is 5.91 Å². The van der Waals surface area contributed by atoms with Crippen molar-refractivity contribution in [1.29, 1.82) is 0 Å². The highest BCUT2D eigenvalue weighted by atomic mass is 16.5. The lowest BCUT2D eigenvalue weighted by atomic mass is 9.99. The number of carbonyl (C=O) groups excluding carboxylic acids is 1. The number of aromatic amines is 1. The van der Waals surface area contributed by atoms with Crippen LogP contribution in [0.25, 0.3) is 10.9 Å². The summed E-state index contributed by atoms with van der Waals surface area (Å²) in [7, 11) is 0. The van der Waals surface area contributed by atoms with E-state index < -0.39 is 0 Å². The fourth-order valence-corrected chi connectivity index (χ4v) is 4.10. The molecule has 2 saturated heterocycles. The van der Waals surface area contributed by atoms with E-state index in [2.05, 4.69) is 40.2 Å². The molecular formula is C20H27N3O2. The SMILES string of the molecule is O=C(CCN1CCCCC1c1cc2ccccc2[nH]1)N1CCOCC1. The van der Waals surface area contributed by atoms with Crippen LogP contribution in [0.1, 0.15) is 37.4 Å². The van der Waals surface area contributed by atoms with Crippen LogP contribution in [0.5, 0.6) is 0 Å². The van der Waals surface area contributed by atoms with Gasteiger partial charge in [0.2, 0.25) is 5.91 Å². The number of morpholine rings is 1. The van der Waals surface area contributed by atoms with E-state index in [1.54, 1.807) is 0 Å². The molecule has 0 radical (unpaired) electrons. The Morgan fingerprint density at radius 2 is 2.00 bits per heavy atom. The lowest BCUT2D eigenvalue weighted by Crippen LogP contribution is -2.43. The summed E-state index contributed by atoms with van der Waals surface area (Å²) in [6.07, 6.45) is 4.26. The number of nitrogens with zero attached hydrogens (tertiary/aromatic N) is 2. The van der Waals surface area contributed by atoms with E-state index >= 15 is 0 Å². The van der Waals surface area contributed by atoms with Crippen molar-refractivity contribution in [2.45, 2.75) is 31.7 Å². The molecule has 1 N–H and O–H groups in total. The van der Waals surface area contributed by atoms with Gasteiger partial charge in [-0.15, -0.1) is 0 Å². The highest BCUT2D eigenvalue weighted by Crippen LogP contribution is 2.32. The number of nitrogens with one attached hydrogen (secondary N) is 1. The average molecular weight is 341 g/mol. The number of amides is 1. The Labute approximate surface area is 148 Å². The zero-order valence-corrected chi connectivity index (χ0v) is 14.7. The van der Waals surface area contributed by atoms with Crippen LogP contribution in [0.15, 0.2) is 30.3 Å². The third-order valence-corrected chi connectivity index (χ3v) is 5.50. The topological polar surface area (TPSA) is 48.6 Å². The summed E-state index contributed by atoms with van der Waals surface area (Å²) in [6.45, 7) is 4.75. The number of aromatic nitrogens is 1. The second kappa shape index (κ2) is 7.58. The lowest BCUT2D eigenvalue weighted by molar-refractivity contribution is -0.135. The van der Waals surface area contributed by atoms with Crippen molar-refractivity contribution in [3.05, 3.63) is 36.0 Å². The molecule has 134 valence electrons. The third-order valence-electron chi connectivity index (χ3n) is 5.50. The number of H-pyrrole nitrogens is 1. The number of para-hydroxylation sites is 1. The lowest BCUT2D eigenvalue weighted by Gasteiger charge is -2.36. The maximum atomic E-state index is 12.5. The van der Waals surface area contributed by atoms with E-state index in [0.717, 1.165) is 26.2 Å². The van der Waals surface area contributed by atoms with Crippen LogP contribution in [-0.4, -0.2) is 60.1 Å². The van der Waals surface area contributed by atoms with E-state index in [0.29, 0.717) is 25.7 Å². The van der Waals surface area contributed by atoms with Gasteiger partial charge < -0.3 is 14.6 Å². The van der Waals surface area contributed by atoms with E-state index in [1.165, 1.54) is 35.9 Å². The van der Waals surface area contributed by atoms with E-state index in [1.807, 2.05) is 4.90 Å². The normalized spacial score (nSPS) is 22.4. The standard InChI is InChI=1S/C20H27N3O2/c24-20(23-11-13-25-14-12-23)8-10-22-9-4-3-7-19(22)18-15-16-5-1-2-6-17(16)21-18/h1-2,5-6,15,19,21H,3-4,7-14H2. The summed E-state index contributed by atoms with van der Waals surface area (Å²) in [5.74, 6) is 0.268. The molecule has 5 nitrogen and oxygen atoms in total. The molecule has 1 amide bonds. The largest absolute Gasteiger partial charge is 0.378 e. The monoisotopic (exact) mass is 341 g/mol. The number of piperidine rings is 1. The van der Waals surface area contributed by atoms with Crippen molar-refractivity contribution >= 4 is 16.8 Å². The zero-order valence-electron chi connectivity index (χ0n) is 14.7. The van der Waals surface area contributed by atoms with Gasteiger partial charge in [-0.3, -0.25) is 9.69 Å². The predicted molar refractivity (Wildman–Crippen MR) is 98.5 cm³/mol. The molecule has 2 aromatic rings. The number of rotatable bonds is 4. The fourth-order valence-electron chi connectivity index (χ4n) is 4.10. The summed E-state index contributed by atoms with van der Waals surface area (Å²) in [5.41, 5.74) is 2.49. The third kappa shape index (κ3) is 3.72. The molecule has 1 unspecified atom stereocenters. The maximum absolute atomic E-state index is 12.5. The minimum atomic E-state index is 0.268. The van der Waals surface area contributed by atoms with Crippen LogP contribution in [0.4, 0.5) is 0 Å². The molecule has 1 atom stereocenters. The van der Waals surface area contributed by atoms with Crippen molar-refractivity contribution in [2.24, 2.45) is 0 Å². The summed E-state index contributed by atoms with van der Waals surface area (Å²) in [6, 6.07) is 11.1. The van der Waals surface area contributed by atoms with E-state index in [9.17, 15) is 4.79 Å². The summed E-state index contributed by atoms with van der Waals surface area (Å²) in [4.78, 5) is 20.5. The molecule has 0 saturated carbocycles. The van der Waals surface area contributed by atoms with Crippen LogP contribution < -0.4 is 0 Å². The molecule has 3 heterocycles. The summed E-state index contributed by atoms with van der Waals surface area (Å²) < 4.78 is 5.34. The molecule has 1 aromatic heterocycles. The van der Waals surface area contributed by atoms with Gasteiger partial charge in [0.25, 0.3) is 0 Å². The number of hydrogen-bond donors (Lipinski definition) is 1. The first kappa shape index (κ1) is 16.6. The van der Waals surface area contributed by atoms with Gasteiger partial charge in [0.15, 0.2) is 0 Å². The minimum Gasteiger partial charge on any atom is -0.378 e. The van der Waals surface area contributed by atoms with Gasteiger partial charge >= 0.3 is 0 Å². The Kier molecular flexibility index (Phi) is 5.04. The van der Waals surface area contributed by atoms with Crippen molar-refractivity contribution in [1.82, 2.24) is 14.8 Å². The number of fused-ring (bicyclic) bond motifs is 1. The molecule has 0 spiro atoms. The molecule has 0 bridgehead atoms. The van der Waals surface area contributed by atoms with Crippen LogP contribution >= 0.6 is 0 Å². The molecule has 5 heteroatoms. The van der Waals surface area contributed by atoms with Gasteiger partial charge in [0, 0.05) is 43.3 Å². The fraction of sp³-hybridized carbons (Fsp3) is 0.550. The van der Waals surface area contributed by atoms with Crippen molar-refractivity contribution in [2.75, 3.05) is 39.4 Å². The molecule has 1 aromatic carbocycles. The summed E-state index contributed by atoms with van der Waals surface area (Å²) >= 11 is 0. The average Bonchev–Trinajstić information content (AvgIpc) is 3.11. The van der Waals surface area contributed by atoms with Crippen molar-refractivity contribution < 1.29 is 9.53 Å². The van der Waals surface area contributed by atoms with Gasteiger partial charge in [-0.05, 0) is 36.9 Å². The van der Waals surface area contributed by atoms with Gasteiger partial charge in [-0.2, -0.15) is 0 Å². The maximum Gasteiger partial charge on any atom is 0.224 e. The molecule has 0 aliphatic carbocycles. The van der Waals surface area contributed by atoms with Gasteiger partial charge in [-0.25, -0.2) is 0 Å². The molecule has 2 aliphatic rings. The highest BCUT2D eigenvalue weighted by molar-refractivity contribution is 5.80. The number of carbonyl (C=O) groups is 1. The van der Waals surface area contributed by atoms with Crippen LogP contribution in [0, 0.1) is 0 Å². The Bertz CT molecular complexity index is 688. The Balaban J connectivity index is 1.42. The highest BCUT2D eigenvalue weighted by Gasteiger charge is 2.26. The predicted octanol–water partition coefficient (Wildman–Crippen LogP) is 2.94. The molecule has 4 rings (SSSR count). The smallest absolute Gasteiger partial charge is 0.224 e. The van der Waals surface area contributed by atoms with Gasteiger partial charge in [-0.1, -0.05) is 24.6 Å². The minimum absolute atomic E-state index is 0.268. The Morgan fingerprint density at radius 3 is 2.84 bits per heavy atom. The summed E-state index contributed by atoms with van der Waals surface area (Å²) in [5, 5.41) is 1.27. The second-order valence-electron chi connectivity index (χ2n) is 7.10. The Hall–Kier alpha value is -1.85. The molecule has 2 fully saturated rings. The quantitative estimate of drug-likeness (QED) is 0.930. The number of benzene rings is 1. The Morgan fingerprint density at radius 1 is 1.16 bits per heavy atom. The van der Waals surface area contributed by atoms with E-state index in [4.69, 9.17) is 4.74 Å². The number of hydrogen-bond acceptors (Lipinski definition) is 3. The first-order valence-corrected chi connectivity index (χ1v) is 9.48. The van der Waals surface area contributed by atoms with Crippen molar-refractivity contribution in [3.63, 3.8) is 0 Å². The van der Waals surface area contributed by atoms with Gasteiger partial charge in [0.05, 0.1) is 13.2 Å². The van der Waals surface area contributed by atoms with Crippen LogP contribution in [0.3, 0.4) is 0 Å². The molecular weight excluding hydrogens is 314 g/mol. The first-order valence-electron chi connectivity index (χ1n) is 9.48. The van der Waals surface area contributed by atoms with Crippen LogP contribution in [-0.2, 0) is 9.53 Å². The molecule has 2 aliphatic heterocycles. The number of ether oxygens (including phenoxy) is 1.